The highest BCUT2D eigenvalue weighted by molar-refractivity contribution is 5.86. The Labute approximate surface area is 142 Å². The van der Waals surface area contributed by atoms with Gasteiger partial charge in [-0.2, -0.15) is 0 Å². The Morgan fingerprint density at radius 1 is 1.04 bits per heavy atom. The summed E-state index contributed by atoms with van der Waals surface area (Å²) in [6.45, 7) is 4.72. The second kappa shape index (κ2) is 6.08. The molecule has 2 aliphatic heterocycles. The third-order valence-corrected chi connectivity index (χ3v) is 4.68. The number of allylic oxidation sites excluding steroid dienone is 1. The number of benzene rings is 2. The Balaban J connectivity index is 1.44. The molecule has 2 aromatic rings. The van der Waals surface area contributed by atoms with E-state index < -0.39 is 0 Å². The van der Waals surface area contributed by atoms with Gasteiger partial charge in [-0.1, -0.05) is 36.9 Å². The molecule has 2 aliphatic rings. The van der Waals surface area contributed by atoms with Crippen LogP contribution in [0.15, 0.2) is 53.7 Å². The Morgan fingerprint density at radius 3 is 2.62 bits per heavy atom. The van der Waals surface area contributed by atoms with Gasteiger partial charge in [0.05, 0.1) is 6.54 Å². The summed E-state index contributed by atoms with van der Waals surface area (Å²) in [5, 5.41) is 3.31. The highest BCUT2D eigenvalue weighted by atomic mass is 16.1. The first-order valence-electron chi connectivity index (χ1n) is 8.37. The number of ketones is 1. The van der Waals surface area contributed by atoms with Gasteiger partial charge in [-0.15, -0.1) is 0 Å². The summed E-state index contributed by atoms with van der Waals surface area (Å²) in [5.41, 5.74) is 8.04. The monoisotopic (exact) mass is 316 g/mol. The summed E-state index contributed by atoms with van der Waals surface area (Å²) in [5.74, 6) is 0.252. The zero-order valence-electron chi connectivity index (χ0n) is 13.6. The predicted octanol–water partition coefficient (Wildman–Crippen LogP) is 3.85. The smallest absolute Gasteiger partial charge is 0.141 e. The normalized spacial score (nSPS) is 14.9. The van der Waals surface area contributed by atoms with Gasteiger partial charge in [-0.05, 0) is 46.7 Å². The fourth-order valence-corrected chi connectivity index (χ4v) is 3.42. The van der Waals surface area contributed by atoms with Crippen molar-refractivity contribution in [2.75, 3.05) is 5.32 Å². The average molecular weight is 316 g/mol. The number of nitrogens with one attached hydrogen (secondary N) is 1. The molecule has 0 saturated heterocycles. The number of hydrogen-bond acceptors (Lipinski definition) is 3. The van der Waals surface area contributed by atoms with Crippen LogP contribution in [0.4, 0.5) is 5.69 Å². The molecule has 0 atom stereocenters. The lowest BCUT2D eigenvalue weighted by Crippen LogP contribution is -2.11. The molecule has 0 amide bonds. The molecule has 1 N–H and O–H groups in total. The first kappa shape index (κ1) is 14.9. The number of rotatable bonds is 4. The number of fused-ring (bicyclic) bond motifs is 2. The third-order valence-electron chi connectivity index (χ3n) is 4.68. The zero-order valence-corrected chi connectivity index (χ0v) is 13.6. The Hall–Kier alpha value is -2.68. The van der Waals surface area contributed by atoms with Crippen LogP contribution in [0.5, 0.6) is 0 Å². The van der Waals surface area contributed by atoms with E-state index >= 15 is 0 Å². The summed E-state index contributed by atoms with van der Waals surface area (Å²) in [6.07, 6.45) is 4.83. The van der Waals surface area contributed by atoms with E-state index in [4.69, 9.17) is 0 Å². The van der Waals surface area contributed by atoms with Crippen molar-refractivity contribution in [3.8, 4) is 0 Å². The van der Waals surface area contributed by atoms with Crippen LogP contribution in [0.1, 0.15) is 34.2 Å². The molecule has 0 fully saturated rings. The van der Waals surface area contributed by atoms with Crippen LogP contribution in [0, 0.1) is 0 Å². The molecule has 24 heavy (non-hydrogen) atoms. The van der Waals surface area contributed by atoms with Crippen LogP contribution < -0.4 is 5.32 Å². The van der Waals surface area contributed by atoms with Crippen LogP contribution in [0.25, 0.3) is 0 Å². The number of aliphatic imine (C=N–C) groups is 1. The van der Waals surface area contributed by atoms with Gasteiger partial charge >= 0.3 is 0 Å². The Morgan fingerprint density at radius 2 is 1.79 bits per heavy atom. The molecular weight excluding hydrogens is 296 g/mol. The minimum absolute atomic E-state index is 0.252. The van der Waals surface area contributed by atoms with Gasteiger partial charge in [0.25, 0.3) is 0 Å². The number of carbonyl (C=O) groups excluding carboxylic acids is 1. The van der Waals surface area contributed by atoms with E-state index in [9.17, 15) is 4.79 Å². The van der Waals surface area contributed by atoms with E-state index in [1.807, 2.05) is 18.3 Å². The van der Waals surface area contributed by atoms with Crippen molar-refractivity contribution in [1.29, 1.82) is 0 Å². The van der Waals surface area contributed by atoms with Crippen molar-refractivity contribution in [1.82, 2.24) is 0 Å². The number of Topliss-reactive ketones (excluding diaryl/α,β-unsaturated/α-hetero) is 1. The Bertz CT molecular complexity index is 864. The molecule has 0 bridgehead atoms. The van der Waals surface area contributed by atoms with Crippen molar-refractivity contribution < 1.29 is 4.79 Å². The maximum absolute atomic E-state index is 12.4. The van der Waals surface area contributed by atoms with Crippen molar-refractivity contribution in [3.05, 3.63) is 76.5 Å². The summed E-state index contributed by atoms with van der Waals surface area (Å²) >= 11 is 0. The van der Waals surface area contributed by atoms with Gasteiger partial charge in [0, 0.05) is 30.4 Å². The highest BCUT2D eigenvalue weighted by Gasteiger charge is 2.14. The average Bonchev–Trinajstić information content (AvgIpc) is 3.02. The number of hydrogen-bond donors (Lipinski definition) is 1. The lowest BCUT2D eigenvalue weighted by molar-refractivity contribution is -0.117. The number of carbonyl (C=O) groups is 1. The fraction of sp³-hybridized carbons (Fsp3) is 0.238. The fourth-order valence-electron chi connectivity index (χ4n) is 3.42. The second-order valence-corrected chi connectivity index (χ2v) is 6.62. The van der Waals surface area contributed by atoms with Gasteiger partial charge in [-0.3, -0.25) is 9.79 Å². The van der Waals surface area contributed by atoms with Crippen molar-refractivity contribution in [2.45, 2.75) is 32.2 Å². The molecule has 3 heteroatoms. The standard InChI is InChI=1S/C21H20N2O/c1-14-2-5-17-8-16(4-7-21(17)23-14)11-20(24)10-15-3-6-18-12-22-13-19(18)9-15/h3-4,6-9,12,23H,1-2,5,10-11,13H2. The SMILES string of the molecule is C=C1CCc2cc(CC(=O)Cc3ccc4c(c3)CN=C4)ccc2N1. The van der Waals surface area contributed by atoms with Crippen LogP contribution in [0.2, 0.25) is 0 Å². The quantitative estimate of drug-likeness (QED) is 0.931. The van der Waals surface area contributed by atoms with Crippen LogP contribution >= 0.6 is 0 Å². The minimum atomic E-state index is 0.252. The molecule has 0 saturated carbocycles. The molecule has 0 radical (unpaired) electrons. The van der Waals surface area contributed by atoms with E-state index in [1.165, 1.54) is 16.7 Å². The molecule has 120 valence electrons. The summed E-state index contributed by atoms with van der Waals surface area (Å²) in [6, 6.07) is 12.5. The lowest BCUT2D eigenvalue weighted by Gasteiger charge is -2.20. The molecular formula is C21H20N2O. The van der Waals surface area contributed by atoms with Crippen molar-refractivity contribution in [3.63, 3.8) is 0 Å². The van der Waals surface area contributed by atoms with Crippen molar-refractivity contribution >= 4 is 17.7 Å². The second-order valence-electron chi connectivity index (χ2n) is 6.62. The van der Waals surface area contributed by atoms with Gasteiger partial charge < -0.3 is 5.32 Å². The van der Waals surface area contributed by atoms with Gasteiger partial charge in [0.2, 0.25) is 0 Å². The van der Waals surface area contributed by atoms with E-state index in [1.54, 1.807) is 0 Å². The largest absolute Gasteiger partial charge is 0.359 e. The highest BCUT2D eigenvalue weighted by Crippen LogP contribution is 2.27. The lowest BCUT2D eigenvalue weighted by atomic mass is 9.95. The predicted molar refractivity (Wildman–Crippen MR) is 97.7 cm³/mol. The van der Waals surface area contributed by atoms with Gasteiger partial charge in [0.1, 0.15) is 5.78 Å². The van der Waals surface area contributed by atoms with E-state index in [-0.39, 0.29) is 5.78 Å². The van der Waals surface area contributed by atoms with Crippen LogP contribution in [-0.4, -0.2) is 12.0 Å². The molecule has 4 rings (SSSR count). The third kappa shape index (κ3) is 3.02. The molecule has 2 aromatic carbocycles. The number of nitrogens with zero attached hydrogens (tertiary/aromatic N) is 1. The van der Waals surface area contributed by atoms with E-state index in [2.05, 4.69) is 41.2 Å². The minimum Gasteiger partial charge on any atom is -0.359 e. The van der Waals surface area contributed by atoms with E-state index in [0.717, 1.165) is 41.9 Å². The molecule has 0 spiro atoms. The van der Waals surface area contributed by atoms with Crippen LogP contribution in [0.3, 0.4) is 0 Å². The molecule has 2 heterocycles. The summed E-state index contributed by atoms with van der Waals surface area (Å²) < 4.78 is 0. The van der Waals surface area contributed by atoms with E-state index in [0.29, 0.717) is 12.8 Å². The molecule has 0 aliphatic carbocycles. The maximum Gasteiger partial charge on any atom is 0.141 e. The topological polar surface area (TPSA) is 41.5 Å². The summed E-state index contributed by atoms with van der Waals surface area (Å²) in [4.78, 5) is 16.7. The Kier molecular flexibility index (Phi) is 3.77. The number of aryl methyl sites for hydroxylation is 1. The first-order valence-corrected chi connectivity index (χ1v) is 8.37. The van der Waals surface area contributed by atoms with Gasteiger partial charge in [0.15, 0.2) is 0 Å². The zero-order chi connectivity index (χ0) is 16.5. The molecule has 0 unspecified atom stereocenters. The molecule has 0 aromatic heterocycles. The summed E-state index contributed by atoms with van der Waals surface area (Å²) in [7, 11) is 0. The maximum atomic E-state index is 12.4. The number of anilines is 1. The van der Waals surface area contributed by atoms with Crippen LogP contribution in [-0.2, 0) is 30.6 Å². The first-order chi connectivity index (χ1) is 11.7. The molecule has 3 nitrogen and oxygen atoms in total. The van der Waals surface area contributed by atoms with Crippen molar-refractivity contribution in [2.24, 2.45) is 4.99 Å². The van der Waals surface area contributed by atoms with Gasteiger partial charge in [-0.25, -0.2) is 0 Å².